The summed E-state index contributed by atoms with van der Waals surface area (Å²) in [6.07, 6.45) is 0. The van der Waals surface area contributed by atoms with E-state index >= 15 is 0 Å². The number of aryl methyl sites for hydroxylation is 2. The summed E-state index contributed by atoms with van der Waals surface area (Å²) in [5.41, 5.74) is 2.88. The summed E-state index contributed by atoms with van der Waals surface area (Å²) in [7, 11) is 0. The number of amides is 1. The predicted octanol–water partition coefficient (Wildman–Crippen LogP) is 4.45. The van der Waals surface area contributed by atoms with Gasteiger partial charge in [0.15, 0.2) is 4.34 Å². The van der Waals surface area contributed by atoms with Crippen LogP contribution in [-0.2, 0) is 16.3 Å². The lowest BCUT2D eigenvalue weighted by atomic mass is 10.2. The number of thioether (sulfide) groups is 2. The van der Waals surface area contributed by atoms with Crippen molar-refractivity contribution in [3.8, 4) is 0 Å². The number of carbonyl (C=O) groups is 1. The highest BCUT2D eigenvalue weighted by molar-refractivity contribution is 8.00. The van der Waals surface area contributed by atoms with Gasteiger partial charge in [-0.2, -0.15) is 0 Å². The molecule has 1 amide bonds. The molecule has 142 valence electrons. The monoisotopic (exact) mass is 424 g/mol. The fraction of sp³-hybridized carbons (Fsp3) is 0.294. The largest absolute Gasteiger partial charge is 0.361 e. The highest BCUT2D eigenvalue weighted by Gasteiger charge is 2.12. The third-order valence-corrected chi connectivity index (χ3v) is 6.59. The minimum atomic E-state index is -0.253. The fourth-order valence-electron chi connectivity index (χ4n) is 2.15. The Hall–Kier alpha value is -1.91. The molecule has 27 heavy (non-hydrogen) atoms. The summed E-state index contributed by atoms with van der Waals surface area (Å²) in [5, 5.41) is 15.2. The first-order chi connectivity index (χ1) is 13.0. The van der Waals surface area contributed by atoms with Crippen molar-refractivity contribution in [3.63, 3.8) is 0 Å². The van der Waals surface area contributed by atoms with Crippen molar-refractivity contribution in [1.29, 1.82) is 0 Å². The summed E-state index contributed by atoms with van der Waals surface area (Å²) in [6, 6.07) is 6.34. The van der Waals surface area contributed by atoms with E-state index in [4.69, 9.17) is 4.52 Å². The van der Waals surface area contributed by atoms with Crippen LogP contribution in [-0.4, -0.2) is 27.0 Å². The van der Waals surface area contributed by atoms with Crippen molar-refractivity contribution in [1.82, 2.24) is 15.4 Å². The Balaban J connectivity index is 1.43. The molecule has 10 heteroatoms. The van der Waals surface area contributed by atoms with Crippen molar-refractivity contribution >= 4 is 45.9 Å². The summed E-state index contributed by atoms with van der Waals surface area (Å²) in [4.78, 5) is 12.1. The molecule has 1 N–H and O–H groups in total. The lowest BCUT2D eigenvalue weighted by Crippen LogP contribution is -2.14. The molecular weight excluding hydrogens is 407 g/mol. The van der Waals surface area contributed by atoms with Crippen molar-refractivity contribution in [2.45, 2.75) is 29.7 Å². The number of halogens is 1. The first-order valence-electron chi connectivity index (χ1n) is 8.01. The molecule has 1 aromatic carbocycles. The first kappa shape index (κ1) is 19.8. The van der Waals surface area contributed by atoms with Gasteiger partial charge in [-0.25, -0.2) is 4.39 Å². The van der Waals surface area contributed by atoms with Crippen LogP contribution < -0.4 is 5.32 Å². The second-order valence-electron chi connectivity index (χ2n) is 5.63. The van der Waals surface area contributed by atoms with Crippen LogP contribution >= 0.6 is 34.9 Å². The van der Waals surface area contributed by atoms with E-state index in [9.17, 15) is 9.18 Å². The quantitative estimate of drug-likeness (QED) is 0.423. The number of carbonyl (C=O) groups excluding carboxylic acids is 1. The summed E-state index contributed by atoms with van der Waals surface area (Å²) in [5.74, 6) is 2.05. The number of rotatable bonds is 8. The van der Waals surface area contributed by atoms with E-state index in [1.54, 1.807) is 12.1 Å². The minimum Gasteiger partial charge on any atom is -0.361 e. The standard InChI is InChI=1S/C17H17FN4O2S3/c1-10-14(11(2)24-22-10)8-25-9-15(23)19-16-20-21-17(27-16)26-7-12-3-5-13(18)6-4-12/h3-6H,7-9H2,1-2H3,(H,19,20,23). The predicted molar refractivity (Wildman–Crippen MR) is 107 cm³/mol. The lowest BCUT2D eigenvalue weighted by molar-refractivity contribution is -0.113. The molecule has 3 aromatic rings. The van der Waals surface area contributed by atoms with E-state index in [0.29, 0.717) is 22.4 Å². The van der Waals surface area contributed by atoms with Gasteiger partial charge in [0.25, 0.3) is 0 Å². The summed E-state index contributed by atoms with van der Waals surface area (Å²) < 4.78 is 18.8. The second-order valence-corrected chi connectivity index (χ2v) is 8.82. The van der Waals surface area contributed by atoms with Crippen LogP contribution in [0.4, 0.5) is 9.52 Å². The number of nitrogens with one attached hydrogen (secondary N) is 1. The molecule has 0 spiro atoms. The van der Waals surface area contributed by atoms with Gasteiger partial charge in [-0.1, -0.05) is 40.4 Å². The zero-order chi connectivity index (χ0) is 19.2. The smallest absolute Gasteiger partial charge is 0.236 e. The van der Waals surface area contributed by atoms with Crippen molar-refractivity contribution in [2.24, 2.45) is 0 Å². The highest BCUT2D eigenvalue weighted by Crippen LogP contribution is 2.28. The fourth-order valence-corrected chi connectivity index (χ4v) is 4.85. The molecule has 3 rings (SSSR count). The third kappa shape index (κ3) is 5.78. The molecule has 0 saturated heterocycles. The molecule has 2 aromatic heterocycles. The lowest BCUT2D eigenvalue weighted by Gasteiger charge is -2.01. The number of aromatic nitrogens is 3. The van der Waals surface area contributed by atoms with E-state index in [1.165, 1.54) is 47.0 Å². The maximum atomic E-state index is 12.9. The van der Waals surface area contributed by atoms with E-state index in [0.717, 1.165) is 26.9 Å². The molecule has 0 saturated carbocycles. The average Bonchev–Trinajstić information content (AvgIpc) is 3.22. The van der Waals surface area contributed by atoms with E-state index in [-0.39, 0.29) is 11.7 Å². The van der Waals surface area contributed by atoms with Crippen molar-refractivity contribution in [3.05, 3.63) is 52.7 Å². The van der Waals surface area contributed by atoms with Crippen LogP contribution in [0.1, 0.15) is 22.6 Å². The Morgan fingerprint density at radius 1 is 1.22 bits per heavy atom. The van der Waals surface area contributed by atoms with Gasteiger partial charge < -0.3 is 4.52 Å². The topological polar surface area (TPSA) is 80.9 Å². The normalized spacial score (nSPS) is 10.9. The minimum absolute atomic E-state index is 0.127. The molecule has 0 fully saturated rings. The third-order valence-electron chi connectivity index (χ3n) is 3.59. The van der Waals surface area contributed by atoms with Gasteiger partial charge in [0.2, 0.25) is 11.0 Å². The van der Waals surface area contributed by atoms with Gasteiger partial charge in [0, 0.05) is 17.1 Å². The second kappa shape index (κ2) is 9.34. The van der Waals surface area contributed by atoms with Gasteiger partial charge in [0.05, 0.1) is 11.4 Å². The Labute approximate surface area is 168 Å². The molecule has 6 nitrogen and oxygen atoms in total. The van der Waals surface area contributed by atoms with Crippen LogP contribution in [0.25, 0.3) is 0 Å². The van der Waals surface area contributed by atoms with Gasteiger partial charge >= 0.3 is 0 Å². The SMILES string of the molecule is Cc1noc(C)c1CSCC(=O)Nc1nnc(SCc2ccc(F)cc2)s1. The molecular formula is C17H17FN4O2S3. The molecule has 0 aliphatic rings. The van der Waals surface area contributed by atoms with Crippen LogP contribution in [0, 0.1) is 19.7 Å². The number of nitrogens with zero attached hydrogens (tertiary/aromatic N) is 3. The van der Waals surface area contributed by atoms with E-state index in [1.807, 2.05) is 13.8 Å². The zero-order valence-electron chi connectivity index (χ0n) is 14.7. The van der Waals surface area contributed by atoms with Crippen LogP contribution in [0.5, 0.6) is 0 Å². The number of benzene rings is 1. The van der Waals surface area contributed by atoms with Gasteiger partial charge in [-0.3, -0.25) is 10.1 Å². The Morgan fingerprint density at radius 3 is 2.70 bits per heavy atom. The Bertz CT molecular complexity index is 892. The van der Waals surface area contributed by atoms with Crippen LogP contribution in [0.15, 0.2) is 33.1 Å². The average molecular weight is 425 g/mol. The number of hydrogen-bond acceptors (Lipinski definition) is 8. The number of anilines is 1. The van der Waals surface area contributed by atoms with Gasteiger partial charge in [0.1, 0.15) is 11.6 Å². The molecule has 2 heterocycles. The van der Waals surface area contributed by atoms with E-state index in [2.05, 4.69) is 20.7 Å². The summed E-state index contributed by atoms with van der Waals surface area (Å²) in [6.45, 7) is 3.75. The molecule has 0 aliphatic heterocycles. The molecule has 0 unspecified atom stereocenters. The Morgan fingerprint density at radius 2 is 2.00 bits per heavy atom. The van der Waals surface area contributed by atoms with Crippen molar-refractivity contribution < 1.29 is 13.7 Å². The highest BCUT2D eigenvalue weighted by atomic mass is 32.2. The number of hydrogen-bond donors (Lipinski definition) is 1. The van der Waals surface area contributed by atoms with Gasteiger partial charge in [-0.05, 0) is 31.5 Å². The first-order valence-corrected chi connectivity index (χ1v) is 11.0. The maximum absolute atomic E-state index is 12.9. The van der Waals surface area contributed by atoms with Crippen LogP contribution in [0.2, 0.25) is 0 Å². The Kier molecular flexibility index (Phi) is 6.86. The summed E-state index contributed by atoms with van der Waals surface area (Å²) >= 11 is 4.31. The van der Waals surface area contributed by atoms with Crippen molar-refractivity contribution in [2.75, 3.05) is 11.1 Å². The van der Waals surface area contributed by atoms with Gasteiger partial charge in [-0.15, -0.1) is 22.0 Å². The molecule has 0 atom stereocenters. The molecule has 0 radical (unpaired) electrons. The molecule has 0 bridgehead atoms. The molecule has 0 aliphatic carbocycles. The van der Waals surface area contributed by atoms with E-state index < -0.39 is 0 Å². The maximum Gasteiger partial charge on any atom is 0.236 e. The zero-order valence-corrected chi connectivity index (χ0v) is 17.1. The van der Waals surface area contributed by atoms with Crippen LogP contribution in [0.3, 0.4) is 0 Å².